The average Bonchev–Trinajstić information content (AvgIpc) is 2.65. The lowest BCUT2D eigenvalue weighted by Crippen LogP contribution is -2.36. The summed E-state index contributed by atoms with van der Waals surface area (Å²) in [7, 11) is 0. The van der Waals surface area contributed by atoms with Crippen LogP contribution in [0.2, 0.25) is 5.15 Å². The standard InChI is InChI=1S/C19H18ClN3O2/c1-13-12-23(19-14(18(13)24)6-7-17(20)21-19)16-5-3-2-4-15(16)22-8-10-25-11-9-22/h2-7,12H,8-11H2,1H3. The molecule has 1 aliphatic rings. The molecule has 0 N–H and O–H groups in total. The Morgan fingerprint density at radius 3 is 2.56 bits per heavy atom. The molecule has 3 aromatic rings. The molecule has 4 rings (SSSR count). The van der Waals surface area contributed by atoms with Crippen LogP contribution < -0.4 is 10.3 Å². The van der Waals surface area contributed by atoms with E-state index in [1.54, 1.807) is 12.1 Å². The molecule has 0 amide bonds. The van der Waals surface area contributed by atoms with Gasteiger partial charge in [0, 0.05) is 24.8 Å². The van der Waals surface area contributed by atoms with Gasteiger partial charge < -0.3 is 9.64 Å². The molecule has 0 aliphatic carbocycles. The highest BCUT2D eigenvalue weighted by Gasteiger charge is 2.17. The van der Waals surface area contributed by atoms with Crippen LogP contribution in [0.25, 0.3) is 16.7 Å². The number of rotatable bonds is 2. The fourth-order valence-electron chi connectivity index (χ4n) is 3.24. The van der Waals surface area contributed by atoms with Gasteiger partial charge in [-0.05, 0) is 31.2 Å². The van der Waals surface area contributed by atoms with Gasteiger partial charge in [0.05, 0.1) is 30.0 Å². The summed E-state index contributed by atoms with van der Waals surface area (Å²) in [6.45, 7) is 4.92. The molecule has 2 aromatic heterocycles. The first-order valence-corrected chi connectivity index (χ1v) is 8.63. The van der Waals surface area contributed by atoms with Gasteiger partial charge in [0.25, 0.3) is 0 Å². The fraction of sp³-hybridized carbons (Fsp3) is 0.263. The summed E-state index contributed by atoms with van der Waals surface area (Å²) in [5.41, 5.74) is 3.31. The Balaban J connectivity index is 1.98. The lowest BCUT2D eigenvalue weighted by molar-refractivity contribution is 0.122. The van der Waals surface area contributed by atoms with Gasteiger partial charge in [0.15, 0.2) is 5.43 Å². The zero-order chi connectivity index (χ0) is 17.4. The molecule has 0 atom stereocenters. The van der Waals surface area contributed by atoms with Crippen molar-refractivity contribution < 1.29 is 4.74 Å². The summed E-state index contributed by atoms with van der Waals surface area (Å²) >= 11 is 6.11. The van der Waals surface area contributed by atoms with Gasteiger partial charge in [-0.1, -0.05) is 23.7 Å². The van der Waals surface area contributed by atoms with Gasteiger partial charge in [-0.15, -0.1) is 0 Å². The number of hydrogen-bond acceptors (Lipinski definition) is 4. The van der Waals surface area contributed by atoms with Crippen LogP contribution in [0.5, 0.6) is 0 Å². The molecule has 0 saturated carbocycles. The van der Waals surface area contributed by atoms with E-state index in [1.165, 1.54) is 0 Å². The van der Waals surface area contributed by atoms with Crippen molar-refractivity contribution in [1.82, 2.24) is 9.55 Å². The first-order chi connectivity index (χ1) is 12.1. The highest BCUT2D eigenvalue weighted by Crippen LogP contribution is 2.27. The van der Waals surface area contributed by atoms with Gasteiger partial charge >= 0.3 is 0 Å². The second-order valence-corrected chi connectivity index (χ2v) is 6.49. The molecule has 1 saturated heterocycles. The molecule has 1 aliphatic heterocycles. The number of para-hydroxylation sites is 2. The van der Waals surface area contributed by atoms with Gasteiger partial charge in [-0.25, -0.2) is 4.98 Å². The quantitative estimate of drug-likeness (QED) is 0.662. The molecule has 25 heavy (non-hydrogen) atoms. The molecule has 5 nitrogen and oxygen atoms in total. The maximum Gasteiger partial charge on any atom is 0.193 e. The zero-order valence-electron chi connectivity index (χ0n) is 13.9. The van der Waals surface area contributed by atoms with Crippen molar-refractivity contribution in [1.29, 1.82) is 0 Å². The molecule has 1 aromatic carbocycles. The molecular weight excluding hydrogens is 338 g/mol. The van der Waals surface area contributed by atoms with E-state index >= 15 is 0 Å². The van der Waals surface area contributed by atoms with Crippen LogP contribution in [-0.2, 0) is 4.74 Å². The van der Waals surface area contributed by atoms with Crippen LogP contribution in [-0.4, -0.2) is 35.9 Å². The van der Waals surface area contributed by atoms with Crippen molar-refractivity contribution in [3.63, 3.8) is 0 Å². The Kier molecular flexibility index (Phi) is 4.19. The van der Waals surface area contributed by atoms with Crippen molar-refractivity contribution in [3.8, 4) is 5.69 Å². The van der Waals surface area contributed by atoms with Gasteiger partial charge in [0.2, 0.25) is 0 Å². The summed E-state index contributed by atoms with van der Waals surface area (Å²) in [6, 6.07) is 11.5. The number of hydrogen-bond donors (Lipinski definition) is 0. The van der Waals surface area contributed by atoms with E-state index in [0.717, 1.165) is 24.5 Å². The number of aromatic nitrogens is 2. The monoisotopic (exact) mass is 355 g/mol. The molecule has 3 heterocycles. The van der Waals surface area contributed by atoms with Crippen LogP contribution >= 0.6 is 11.6 Å². The Morgan fingerprint density at radius 2 is 1.80 bits per heavy atom. The predicted molar refractivity (Wildman–Crippen MR) is 100 cm³/mol. The number of halogens is 1. The fourth-order valence-corrected chi connectivity index (χ4v) is 3.38. The minimum Gasteiger partial charge on any atom is -0.378 e. The predicted octanol–water partition coefficient (Wildman–Crippen LogP) is 3.18. The highest BCUT2D eigenvalue weighted by molar-refractivity contribution is 6.29. The highest BCUT2D eigenvalue weighted by atomic mass is 35.5. The molecule has 0 unspecified atom stereocenters. The third-order valence-corrected chi connectivity index (χ3v) is 4.70. The van der Waals surface area contributed by atoms with E-state index in [2.05, 4.69) is 16.0 Å². The Morgan fingerprint density at radius 1 is 1.08 bits per heavy atom. The Hall–Kier alpha value is -2.37. The maximum atomic E-state index is 12.5. The number of anilines is 1. The van der Waals surface area contributed by atoms with Crippen LogP contribution in [0.4, 0.5) is 5.69 Å². The Bertz CT molecular complexity index is 994. The number of benzene rings is 1. The van der Waals surface area contributed by atoms with Gasteiger partial charge in [0.1, 0.15) is 10.8 Å². The number of pyridine rings is 2. The van der Waals surface area contributed by atoms with Crippen LogP contribution in [0.3, 0.4) is 0 Å². The molecule has 0 radical (unpaired) electrons. The smallest absolute Gasteiger partial charge is 0.193 e. The van der Waals surface area contributed by atoms with E-state index in [4.69, 9.17) is 16.3 Å². The molecular formula is C19H18ClN3O2. The van der Waals surface area contributed by atoms with E-state index in [-0.39, 0.29) is 5.43 Å². The molecule has 0 bridgehead atoms. The minimum atomic E-state index is -0.0146. The van der Waals surface area contributed by atoms with Crippen molar-refractivity contribution in [2.45, 2.75) is 6.92 Å². The Labute approximate surface area is 150 Å². The summed E-state index contributed by atoms with van der Waals surface area (Å²) in [4.78, 5) is 19.2. The van der Waals surface area contributed by atoms with E-state index in [0.29, 0.717) is 35.0 Å². The number of aryl methyl sites for hydroxylation is 1. The molecule has 128 valence electrons. The first-order valence-electron chi connectivity index (χ1n) is 8.26. The van der Waals surface area contributed by atoms with Crippen LogP contribution in [0.1, 0.15) is 5.56 Å². The average molecular weight is 356 g/mol. The summed E-state index contributed by atoms with van der Waals surface area (Å²) in [6.07, 6.45) is 1.84. The third-order valence-electron chi connectivity index (χ3n) is 4.49. The van der Waals surface area contributed by atoms with Crippen molar-refractivity contribution in [2.24, 2.45) is 0 Å². The molecule has 0 spiro atoms. The van der Waals surface area contributed by atoms with E-state index in [9.17, 15) is 4.79 Å². The SMILES string of the molecule is Cc1cn(-c2ccccc2N2CCOCC2)c2nc(Cl)ccc2c1=O. The number of fused-ring (bicyclic) bond motifs is 1. The summed E-state index contributed by atoms with van der Waals surface area (Å²) in [5.74, 6) is 0. The maximum absolute atomic E-state index is 12.5. The topological polar surface area (TPSA) is 47.4 Å². The second-order valence-electron chi connectivity index (χ2n) is 6.10. The molecule has 1 fully saturated rings. The largest absolute Gasteiger partial charge is 0.378 e. The zero-order valence-corrected chi connectivity index (χ0v) is 14.7. The summed E-state index contributed by atoms with van der Waals surface area (Å²) < 4.78 is 7.43. The minimum absolute atomic E-state index is 0.0146. The van der Waals surface area contributed by atoms with Crippen molar-refractivity contribution in [3.05, 3.63) is 63.5 Å². The second kappa shape index (κ2) is 6.50. The van der Waals surface area contributed by atoms with E-state index < -0.39 is 0 Å². The number of morpholine rings is 1. The first kappa shape index (κ1) is 16.1. The van der Waals surface area contributed by atoms with Crippen molar-refractivity contribution in [2.75, 3.05) is 31.2 Å². The van der Waals surface area contributed by atoms with E-state index in [1.807, 2.05) is 35.9 Å². The lowest BCUT2D eigenvalue weighted by Gasteiger charge is -2.31. The lowest BCUT2D eigenvalue weighted by atomic mass is 10.1. The van der Waals surface area contributed by atoms with Crippen LogP contribution in [0, 0.1) is 6.92 Å². The number of ether oxygens (including phenoxy) is 1. The number of nitrogens with zero attached hydrogens (tertiary/aromatic N) is 3. The third kappa shape index (κ3) is 2.90. The molecule has 6 heteroatoms. The van der Waals surface area contributed by atoms with Crippen molar-refractivity contribution >= 4 is 28.3 Å². The normalized spacial score (nSPS) is 14.9. The van der Waals surface area contributed by atoms with Gasteiger partial charge in [-0.2, -0.15) is 0 Å². The van der Waals surface area contributed by atoms with Gasteiger partial charge in [-0.3, -0.25) is 9.36 Å². The van der Waals surface area contributed by atoms with Crippen LogP contribution in [0.15, 0.2) is 47.4 Å². The summed E-state index contributed by atoms with van der Waals surface area (Å²) in [5, 5.41) is 0.939.